The summed E-state index contributed by atoms with van der Waals surface area (Å²) in [5, 5.41) is 31.8. The molecule has 0 amide bonds. The number of nitrogens with two attached hydrogens (primary N) is 1. The molecule has 6 heterocycles. The molecular weight excluding hydrogens is 634 g/mol. The Morgan fingerprint density at radius 1 is 1.07 bits per heavy atom. The molecule has 10 atom stereocenters. The van der Waals surface area contributed by atoms with Crippen LogP contribution in [0.5, 0.6) is 0 Å². The third kappa shape index (κ3) is 5.58. The number of phosphoric acid groups is 1. The molecule has 2 aliphatic heterocycles. The number of hydrogen-bond donors (Lipinski definition) is 7. The number of H-pyrrole nitrogens is 1. The van der Waals surface area contributed by atoms with E-state index in [-0.39, 0.29) is 22.6 Å². The maximum absolute atomic E-state index is 13.1. The molecule has 0 spiro atoms. The van der Waals surface area contributed by atoms with Gasteiger partial charge in [0.1, 0.15) is 54.4 Å². The molecule has 6 rings (SSSR count). The van der Waals surface area contributed by atoms with Crippen LogP contribution in [0.1, 0.15) is 12.5 Å². The summed E-state index contributed by atoms with van der Waals surface area (Å²) < 4.78 is 54.1. The normalized spacial score (nSPS) is 31.1. The van der Waals surface area contributed by atoms with Crippen molar-refractivity contribution in [3.05, 3.63) is 41.6 Å². The van der Waals surface area contributed by atoms with Gasteiger partial charge in [-0.05, 0) is 6.07 Å². The fourth-order valence-electron chi connectivity index (χ4n) is 5.15. The number of aliphatic hydroxyl groups excluding tert-OH is 3. The number of aromatic amines is 1. The molecule has 4 aromatic rings. The number of hydrogen-bond acceptors (Lipinski definition) is 16. The zero-order chi connectivity index (χ0) is 31.3. The fourth-order valence-corrected chi connectivity index (χ4v) is 6.61. The van der Waals surface area contributed by atoms with Crippen molar-refractivity contribution in [1.82, 2.24) is 34.1 Å². The third-order valence-corrected chi connectivity index (χ3v) is 8.61. The summed E-state index contributed by atoms with van der Waals surface area (Å²) in [5.74, 6) is 0.152. The number of phosphoric ester groups is 1. The zero-order valence-electron chi connectivity index (χ0n) is 22.1. The summed E-state index contributed by atoms with van der Waals surface area (Å²) in [6.45, 7) is -1.51. The minimum atomic E-state index is -5.12. The number of nitrogens with one attached hydrogen (secondary N) is 1. The van der Waals surface area contributed by atoms with E-state index in [1.54, 1.807) is 6.07 Å². The number of aromatic nitrogens is 7. The molecule has 0 bridgehead atoms. The molecule has 8 N–H and O–H groups in total. The summed E-state index contributed by atoms with van der Waals surface area (Å²) in [5.41, 5.74) is 5.45. The summed E-state index contributed by atoms with van der Waals surface area (Å²) in [7, 11) is -8.76. The number of rotatable bonds is 10. The summed E-state index contributed by atoms with van der Waals surface area (Å²) in [6, 6.07) is 1.56. The zero-order valence-corrected chi connectivity index (χ0v) is 24.0. The second-order valence-corrected chi connectivity index (χ2v) is 11.9. The van der Waals surface area contributed by atoms with E-state index in [4.69, 9.17) is 28.8 Å². The average molecular weight is 660 g/mol. The van der Waals surface area contributed by atoms with E-state index in [1.807, 2.05) is 0 Å². The lowest BCUT2D eigenvalue weighted by atomic mass is 10.1. The first-order valence-corrected chi connectivity index (χ1v) is 15.6. The molecule has 2 unspecified atom stereocenters. The topological polar surface area (TPSA) is 302 Å². The maximum Gasteiger partial charge on any atom is 0.472 e. The Bertz CT molecular complexity index is 1800. The lowest BCUT2D eigenvalue weighted by Crippen LogP contribution is -2.36. The molecule has 2 fully saturated rings. The first-order valence-electron chi connectivity index (χ1n) is 12.8. The second-order valence-electron chi connectivity index (χ2n) is 9.75. The van der Waals surface area contributed by atoms with Gasteiger partial charge in [-0.25, -0.2) is 24.5 Å². The molecular formula is C21H26N8O13P2. The highest BCUT2D eigenvalue weighted by Crippen LogP contribution is 2.50. The first kappa shape index (κ1) is 30.8. The lowest BCUT2D eigenvalue weighted by molar-refractivity contribution is -0.0607. The molecule has 238 valence electrons. The number of nitrogens with zero attached hydrogens (tertiary/aromatic N) is 6. The number of nitrogen functional groups attached to an aromatic ring is 1. The van der Waals surface area contributed by atoms with Crippen molar-refractivity contribution >= 4 is 44.1 Å². The van der Waals surface area contributed by atoms with Crippen LogP contribution >= 0.6 is 16.1 Å². The second kappa shape index (κ2) is 12.0. The highest BCUT2D eigenvalue weighted by Gasteiger charge is 2.51. The van der Waals surface area contributed by atoms with Crippen LogP contribution in [0.3, 0.4) is 0 Å². The molecule has 0 radical (unpaired) electrons. The van der Waals surface area contributed by atoms with Gasteiger partial charge in [-0.1, -0.05) is 0 Å². The van der Waals surface area contributed by atoms with Crippen molar-refractivity contribution in [1.29, 1.82) is 0 Å². The predicted molar refractivity (Wildman–Crippen MR) is 144 cm³/mol. The summed E-state index contributed by atoms with van der Waals surface area (Å²) in [4.78, 5) is 50.5. The van der Waals surface area contributed by atoms with E-state index in [1.165, 1.54) is 21.7 Å². The molecule has 23 heteroatoms. The minimum absolute atomic E-state index is 0.00463. The van der Waals surface area contributed by atoms with Gasteiger partial charge in [0.05, 0.1) is 31.3 Å². The molecule has 0 aliphatic carbocycles. The van der Waals surface area contributed by atoms with E-state index in [0.29, 0.717) is 5.39 Å². The van der Waals surface area contributed by atoms with Gasteiger partial charge in [0.15, 0.2) is 23.6 Å². The Morgan fingerprint density at radius 3 is 2.59 bits per heavy atom. The van der Waals surface area contributed by atoms with Crippen LogP contribution in [0.15, 0.2) is 36.0 Å². The van der Waals surface area contributed by atoms with E-state index < -0.39 is 83.9 Å². The SMILES string of the molecule is Nc1ncnc2c1ccn2[C@@H]1O[C@H](COP(=O)(O)O[C@@H]2[C@H](O)[C@@H](CO)O[C@H]2n2cnc3c(=O)[nH]cnc32)[C@@H](O[PH](=O)O)[C@H]1O. The Labute approximate surface area is 245 Å². The average Bonchev–Trinajstić information content (AvgIpc) is 3.74. The number of aliphatic hydroxyl groups is 3. The first-order chi connectivity index (χ1) is 21.0. The number of ether oxygens (including phenoxy) is 2. The summed E-state index contributed by atoms with van der Waals surface area (Å²) >= 11 is 0. The van der Waals surface area contributed by atoms with Crippen LogP contribution in [-0.2, 0) is 32.2 Å². The fraction of sp³-hybridized carbons (Fsp3) is 0.476. The van der Waals surface area contributed by atoms with Gasteiger partial charge in [-0.3, -0.25) is 23.0 Å². The number of imidazole rings is 1. The third-order valence-electron chi connectivity index (χ3n) is 7.15. The Balaban J connectivity index is 1.22. The molecule has 0 saturated carbocycles. The highest BCUT2D eigenvalue weighted by atomic mass is 31.2. The van der Waals surface area contributed by atoms with Crippen molar-refractivity contribution in [2.75, 3.05) is 18.9 Å². The predicted octanol–water partition coefficient (Wildman–Crippen LogP) is -2.07. The minimum Gasteiger partial charge on any atom is -0.394 e. The van der Waals surface area contributed by atoms with Crippen molar-refractivity contribution < 1.29 is 57.3 Å². The van der Waals surface area contributed by atoms with Crippen molar-refractivity contribution in [3.8, 4) is 0 Å². The van der Waals surface area contributed by atoms with E-state index in [2.05, 4.69) is 24.9 Å². The molecule has 0 aromatic carbocycles. The largest absolute Gasteiger partial charge is 0.472 e. The standard InChI is InChI=1S/C21H26N8O13P2/c22-16-8-1-2-28(17(8)24-5-23-16)20-13(32)14(41-43(34)35)10(40-20)4-38-44(36,37)42-15-12(31)9(3-30)39-21(15)29-7-27-11-18(29)25-6-26-19(11)33/h1-2,5-7,9-10,12-15,20-21,30-32,43H,3-4H2,(H,34,35)(H,36,37)(H2,22,23,24)(H,25,26,33)/t9-,10-,12-,13-,14-,15-,20-,21-/m1/s1. The van der Waals surface area contributed by atoms with Gasteiger partial charge >= 0.3 is 16.1 Å². The molecule has 21 nitrogen and oxygen atoms in total. The van der Waals surface area contributed by atoms with Crippen LogP contribution in [0.2, 0.25) is 0 Å². The Hall–Kier alpha value is -3.17. The van der Waals surface area contributed by atoms with Crippen molar-refractivity contribution in [2.24, 2.45) is 0 Å². The lowest BCUT2D eigenvalue weighted by Gasteiger charge is -2.25. The van der Waals surface area contributed by atoms with Crippen molar-refractivity contribution in [2.45, 2.75) is 49.1 Å². The Kier molecular flexibility index (Phi) is 8.39. The van der Waals surface area contributed by atoms with Crippen LogP contribution < -0.4 is 11.3 Å². The highest BCUT2D eigenvalue weighted by molar-refractivity contribution is 7.47. The Morgan fingerprint density at radius 2 is 1.84 bits per heavy atom. The summed E-state index contributed by atoms with van der Waals surface area (Å²) in [6.07, 6.45) is -6.82. The molecule has 2 saturated heterocycles. The van der Waals surface area contributed by atoms with E-state index in [0.717, 1.165) is 12.7 Å². The van der Waals surface area contributed by atoms with E-state index >= 15 is 0 Å². The molecule has 2 aliphatic rings. The number of fused-ring (bicyclic) bond motifs is 2. The van der Waals surface area contributed by atoms with Gasteiger partial charge in [-0.15, -0.1) is 0 Å². The van der Waals surface area contributed by atoms with Gasteiger partial charge in [0.2, 0.25) is 0 Å². The van der Waals surface area contributed by atoms with Crippen LogP contribution in [-0.4, -0.2) is 109 Å². The number of anilines is 1. The van der Waals surface area contributed by atoms with Crippen LogP contribution in [0.25, 0.3) is 22.2 Å². The van der Waals surface area contributed by atoms with Crippen molar-refractivity contribution in [3.63, 3.8) is 0 Å². The smallest absolute Gasteiger partial charge is 0.394 e. The van der Waals surface area contributed by atoms with Gasteiger partial charge in [0, 0.05) is 6.20 Å². The van der Waals surface area contributed by atoms with Crippen LogP contribution in [0.4, 0.5) is 5.82 Å². The molecule has 4 aromatic heterocycles. The molecule has 44 heavy (non-hydrogen) atoms. The van der Waals surface area contributed by atoms with Gasteiger partial charge < -0.3 is 54.4 Å². The van der Waals surface area contributed by atoms with Crippen LogP contribution in [0, 0.1) is 0 Å². The van der Waals surface area contributed by atoms with Gasteiger partial charge in [0.25, 0.3) is 5.56 Å². The quantitative estimate of drug-likeness (QED) is 0.0898. The monoisotopic (exact) mass is 660 g/mol. The van der Waals surface area contributed by atoms with Gasteiger partial charge in [-0.2, -0.15) is 0 Å². The van der Waals surface area contributed by atoms with E-state index in [9.17, 15) is 39.0 Å². The maximum atomic E-state index is 13.1.